The molecule has 0 aliphatic carbocycles. The van der Waals surface area contributed by atoms with E-state index in [4.69, 9.17) is 11.6 Å². The Morgan fingerprint density at radius 2 is 2.30 bits per heavy atom. The SMILES string of the molecule is CCN(Cc1ccc(Cl)nc1)C(NC)=C(C=O)[N+](=O)[O-]. The third kappa shape index (κ3) is 3.92. The number of aldehydes is 1. The Balaban J connectivity index is 3.06. The van der Waals surface area contributed by atoms with E-state index < -0.39 is 10.6 Å². The highest BCUT2D eigenvalue weighted by molar-refractivity contribution is 6.29. The van der Waals surface area contributed by atoms with Crippen LogP contribution in [0.4, 0.5) is 0 Å². The molecule has 1 heterocycles. The van der Waals surface area contributed by atoms with Crippen molar-refractivity contribution in [2.24, 2.45) is 0 Å². The lowest BCUT2D eigenvalue weighted by Crippen LogP contribution is -2.32. The molecule has 0 unspecified atom stereocenters. The van der Waals surface area contributed by atoms with E-state index in [0.29, 0.717) is 18.2 Å². The van der Waals surface area contributed by atoms with Crippen LogP contribution in [0.15, 0.2) is 29.8 Å². The summed E-state index contributed by atoms with van der Waals surface area (Å²) in [6.45, 7) is 2.70. The van der Waals surface area contributed by atoms with Gasteiger partial charge in [0.2, 0.25) is 6.29 Å². The minimum atomic E-state index is -0.707. The maximum atomic E-state index is 10.9. The first-order valence-electron chi connectivity index (χ1n) is 5.90. The van der Waals surface area contributed by atoms with Crippen LogP contribution >= 0.6 is 11.6 Å². The molecule has 0 atom stereocenters. The first kappa shape index (κ1) is 15.9. The van der Waals surface area contributed by atoms with Gasteiger partial charge in [-0.2, -0.15) is 0 Å². The molecule has 0 aromatic carbocycles. The Labute approximate surface area is 121 Å². The molecule has 0 radical (unpaired) electrons. The second-order valence-corrected chi connectivity index (χ2v) is 4.25. The number of nitrogens with one attached hydrogen (secondary N) is 1. The average Bonchev–Trinajstić information content (AvgIpc) is 2.44. The number of rotatable bonds is 7. The fourth-order valence-corrected chi connectivity index (χ4v) is 1.81. The molecule has 1 rings (SSSR count). The summed E-state index contributed by atoms with van der Waals surface area (Å²) in [5.74, 6) is 0.169. The van der Waals surface area contributed by atoms with Gasteiger partial charge in [-0.15, -0.1) is 0 Å². The van der Waals surface area contributed by atoms with Gasteiger partial charge in [-0.1, -0.05) is 17.7 Å². The van der Waals surface area contributed by atoms with Crippen molar-refractivity contribution in [3.05, 3.63) is 50.7 Å². The van der Waals surface area contributed by atoms with E-state index in [2.05, 4.69) is 10.3 Å². The quantitative estimate of drug-likeness (QED) is 0.269. The van der Waals surface area contributed by atoms with Crippen LogP contribution in [0.3, 0.4) is 0 Å². The zero-order chi connectivity index (χ0) is 15.1. The second-order valence-electron chi connectivity index (χ2n) is 3.86. The van der Waals surface area contributed by atoms with Gasteiger partial charge in [-0.25, -0.2) is 4.98 Å². The molecular formula is C12H15ClN4O3. The van der Waals surface area contributed by atoms with E-state index in [-0.39, 0.29) is 12.1 Å². The van der Waals surface area contributed by atoms with Crippen LogP contribution in [-0.2, 0) is 11.3 Å². The summed E-state index contributed by atoms with van der Waals surface area (Å²) in [6.07, 6.45) is 1.82. The highest BCUT2D eigenvalue weighted by Crippen LogP contribution is 2.13. The summed E-state index contributed by atoms with van der Waals surface area (Å²) in [5.41, 5.74) is 0.328. The molecule has 0 fully saturated rings. The number of halogens is 1. The van der Waals surface area contributed by atoms with Crippen molar-refractivity contribution in [3.8, 4) is 0 Å². The Kier molecular flexibility index (Phi) is 5.92. The topological polar surface area (TPSA) is 88.4 Å². The molecule has 0 saturated heterocycles. The number of hydrogen-bond donors (Lipinski definition) is 1. The lowest BCUT2D eigenvalue weighted by molar-refractivity contribution is -0.419. The number of pyridine rings is 1. The van der Waals surface area contributed by atoms with Crippen molar-refractivity contribution in [1.82, 2.24) is 15.2 Å². The molecule has 0 amide bonds. The third-order valence-electron chi connectivity index (χ3n) is 2.65. The van der Waals surface area contributed by atoms with Crippen molar-refractivity contribution in [2.75, 3.05) is 13.6 Å². The van der Waals surface area contributed by atoms with E-state index >= 15 is 0 Å². The average molecular weight is 299 g/mol. The lowest BCUT2D eigenvalue weighted by atomic mass is 10.2. The standard InChI is InChI=1S/C12H15ClN4O3/c1-3-16(7-9-4-5-11(13)15-6-9)12(14-2)10(8-18)17(19)20/h4-6,8,14H,3,7H2,1-2H3. The molecule has 108 valence electrons. The third-order valence-corrected chi connectivity index (χ3v) is 2.87. The number of hydrogen-bond acceptors (Lipinski definition) is 6. The minimum absolute atomic E-state index is 0.169. The van der Waals surface area contributed by atoms with Gasteiger partial charge in [0.15, 0.2) is 5.82 Å². The predicted octanol–water partition coefficient (Wildman–Crippen LogP) is 1.42. The van der Waals surface area contributed by atoms with Crippen molar-refractivity contribution in [1.29, 1.82) is 0 Å². The van der Waals surface area contributed by atoms with Gasteiger partial charge in [0.05, 0.1) is 4.92 Å². The fraction of sp³-hybridized carbons (Fsp3) is 0.333. The van der Waals surface area contributed by atoms with Gasteiger partial charge in [-0.3, -0.25) is 14.9 Å². The molecule has 0 bridgehead atoms. The molecular weight excluding hydrogens is 284 g/mol. The predicted molar refractivity (Wildman–Crippen MR) is 74.5 cm³/mol. The number of aromatic nitrogens is 1. The molecule has 20 heavy (non-hydrogen) atoms. The van der Waals surface area contributed by atoms with Crippen molar-refractivity contribution in [2.45, 2.75) is 13.5 Å². The molecule has 0 aliphatic heterocycles. The smallest absolute Gasteiger partial charge is 0.348 e. The maximum Gasteiger partial charge on any atom is 0.348 e. The minimum Gasteiger partial charge on any atom is -0.369 e. The number of nitrogens with zero attached hydrogens (tertiary/aromatic N) is 3. The maximum absolute atomic E-state index is 10.9. The van der Waals surface area contributed by atoms with Gasteiger partial charge >= 0.3 is 5.70 Å². The van der Waals surface area contributed by atoms with Crippen LogP contribution < -0.4 is 5.32 Å². The first-order valence-corrected chi connectivity index (χ1v) is 6.28. The van der Waals surface area contributed by atoms with Crippen LogP contribution in [0.1, 0.15) is 12.5 Å². The largest absolute Gasteiger partial charge is 0.369 e. The van der Waals surface area contributed by atoms with Gasteiger partial charge < -0.3 is 10.2 Å². The molecule has 0 saturated carbocycles. The summed E-state index contributed by atoms with van der Waals surface area (Å²) < 4.78 is 0. The summed E-state index contributed by atoms with van der Waals surface area (Å²) in [5, 5.41) is 13.9. The Bertz CT molecular complexity index is 516. The summed E-state index contributed by atoms with van der Waals surface area (Å²) in [4.78, 5) is 26.7. The van der Waals surface area contributed by atoms with Crippen molar-refractivity contribution in [3.63, 3.8) is 0 Å². The normalized spacial score (nSPS) is 11.6. The number of carbonyl (C=O) groups excluding carboxylic acids is 1. The summed E-state index contributed by atoms with van der Waals surface area (Å²) in [6, 6.07) is 3.42. The van der Waals surface area contributed by atoms with Crippen molar-refractivity contribution >= 4 is 17.9 Å². The first-order chi connectivity index (χ1) is 9.53. The van der Waals surface area contributed by atoms with Gasteiger partial charge in [0.25, 0.3) is 0 Å². The van der Waals surface area contributed by atoms with E-state index in [1.54, 1.807) is 23.2 Å². The van der Waals surface area contributed by atoms with Crippen LogP contribution in [0.25, 0.3) is 0 Å². The summed E-state index contributed by atoms with van der Waals surface area (Å²) >= 11 is 5.70. The number of carbonyl (C=O) groups is 1. The highest BCUT2D eigenvalue weighted by Gasteiger charge is 2.21. The highest BCUT2D eigenvalue weighted by atomic mass is 35.5. The Morgan fingerprint density at radius 3 is 2.70 bits per heavy atom. The van der Waals surface area contributed by atoms with Crippen LogP contribution in [0.2, 0.25) is 5.15 Å². The molecule has 0 spiro atoms. The zero-order valence-electron chi connectivity index (χ0n) is 11.2. The van der Waals surface area contributed by atoms with Crippen LogP contribution in [0, 0.1) is 10.1 Å². The van der Waals surface area contributed by atoms with E-state index in [1.165, 1.54) is 7.05 Å². The van der Waals surface area contributed by atoms with Crippen molar-refractivity contribution < 1.29 is 9.72 Å². The molecule has 8 heteroatoms. The summed E-state index contributed by atoms with van der Waals surface area (Å²) in [7, 11) is 1.53. The van der Waals surface area contributed by atoms with Crippen LogP contribution in [-0.4, -0.2) is 34.7 Å². The second kappa shape index (κ2) is 7.44. The molecule has 7 nitrogen and oxygen atoms in total. The Hall–Kier alpha value is -2.15. The molecule has 1 aromatic heterocycles. The van der Waals surface area contributed by atoms with Gasteiger partial charge in [0, 0.05) is 26.3 Å². The fourth-order valence-electron chi connectivity index (χ4n) is 1.70. The number of allylic oxidation sites excluding steroid dienone is 1. The zero-order valence-corrected chi connectivity index (χ0v) is 11.9. The number of nitro groups is 1. The Morgan fingerprint density at radius 1 is 1.60 bits per heavy atom. The molecule has 0 aliphatic rings. The molecule has 1 aromatic rings. The van der Waals surface area contributed by atoms with Gasteiger partial charge in [0.1, 0.15) is 5.15 Å². The molecule has 1 N–H and O–H groups in total. The van der Waals surface area contributed by atoms with E-state index in [0.717, 1.165) is 5.56 Å². The van der Waals surface area contributed by atoms with Gasteiger partial charge in [-0.05, 0) is 18.6 Å². The van der Waals surface area contributed by atoms with Crippen LogP contribution in [0.5, 0.6) is 0 Å². The lowest BCUT2D eigenvalue weighted by Gasteiger charge is -2.24. The monoisotopic (exact) mass is 298 g/mol. The van der Waals surface area contributed by atoms with E-state index in [9.17, 15) is 14.9 Å². The van der Waals surface area contributed by atoms with E-state index in [1.807, 2.05) is 6.92 Å².